The fourth-order valence-electron chi connectivity index (χ4n) is 2.00. The molecule has 2 rings (SSSR count). The summed E-state index contributed by atoms with van der Waals surface area (Å²) in [6.07, 6.45) is 0. The monoisotopic (exact) mass is 291 g/mol. The van der Waals surface area contributed by atoms with Gasteiger partial charge < -0.3 is 10.1 Å². The molecule has 112 valence electrons. The highest BCUT2D eigenvalue weighted by Crippen LogP contribution is 2.20. The van der Waals surface area contributed by atoms with E-state index in [1.165, 1.54) is 5.56 Å². The van der Waals surface area contributed by atoms with Gasteiger partial charge in [0.1, 0.15) is 5.75 Å². The molecule has 0 radical (unpaired) electrons. The predicted molar refractivity (Wildman–Crippen MR) is 80.9 cm³/mol. The van der Waals surface area contributed by atoms with E-state index in [4.69, 9.17) is 0 Å². The lowest BCUT2D eigenvalue weighted by atomic mass is 10.0. The van der Waals surface area contributed by atoms with Crippen LogP contribution in [0.1, 0.15) is 30.9 Å². The molecule has 0 atom stereocenters. The number of rotatable bonds is 6. The Morgan fingerprint density at radius 3 is 2.38 bits per heavy atom. The molecule has 0 spiro atoms. The standard InChI is InChI=1S/C17H19F2NO/c1-12(2)14-4-3-5-15(10-14)20-11-13-6-8-16(9-7-13)21-17(18)19/h3-10,12,17,20H,11H2,1-2H3. The molecule has 0 saturated carbocycles. The van der Waals surface area contributed by atoms with Crippen LogP contribution in [0, 0.1) is 0 Å². The van der Waals surface area contributed by atoms with Gasteiger partial charge in [-0.15, -0.1) is 0 Å². The van der Waals surface area contributed by atoms with Gasteiger partial charge in [-0.1, -0.05) is 38.1 Å². The summed E-state index contributed by atoms with van der Waals surface area (Å²) in [7, 11) is 0. The number of benzene rings is 2. The molecule has 0 heterocycles. The summed E-state index contributed by atoms with van der Waals surface area (Å²) in [6.45, 7) is 2.16. The average molecular weight is 291 g/mol. The maximum atomic E-state index is 12.1. The first-order valence-electron chi connectivity index (χ1n) is 6.92. The van der Waals surface area contributed by atoms with E-state index in [0.29, 0.717) is 12.5 Å². The molecule has 0 aliphatic carbocycles. The molecular formula is C17H19F2NO. The van der Waals surface area contributed by atoms with Crippen LogP contribution < -0.4 is 10.1 Å². The number of anilines is 1. The minimum atomic E-state index is -2.78. The van der Waals surface area contributed by atoms with Crippen LogP contribution in [0.25, 0.3) is 0 Å². The van der Waals surface area contributed by atoms with E-state index in [9.17, 15) is 8.78 Å². The summed E-state index contributed by atoms with van der Waals surface area (Å²) in [4.78, 5) is 0. The Hall–Kier alpha value is -2.10. The summed E-state index contributed by atoms with van der Waals surface area (Å²) < 4.78 is 28.4. The Bertz CT molecular complexity index is 567. The van der Waals surface area contributed by atoms with Crippen LogP contribution in [0.3, 0.4) is 0 Å². The van der Waals surface area contributed by atoms with E-state index in [2.05, 4.69) is 36.0 Å². The first kappa shape index (κ1) is 15.3. The molecule has 0 aliphatic heterocycles. The van der Waals surface area contributed by atoms with Gasteiger partial charge in [-0.25, -0.2) is 0 Å². The van der Waals surface area contributed by atoms with E-state index in [-0.39, 0.29) is 5.75 Å². The van der Waals surface area contributed by atoms with Gasteiger partial charge >= 0.3 is 6.61 Å². The maximum absolute atomic E-state index is 12.1. The molecule has 0 saturated heterocycles. The molecular weight excluding hydrogens is 272 g/mol. The first-order valence-corrected chi connectivity index (χ1v) is 6.92. The molecule has 0 amide bonds. The van der Waals surface area contributed by atoms with E-state index >= 15 is 0 Å². The lowest BCUT2D eigenvalue weighted by Gasteiger charge is -2.11. The molecule has 0 fully saturated rings. The van der Waals surface area contributed by atoms with E-state index in [1.54, 1.807) is 24.3 Å². The second kappa shape index (κ2) is 7.07. The van der Waals surface area contributed by atoms with Crippen molar-refractivity contribution in [3.8, 4) is 5.75 Å². The second-order valence-electron chi connectivity index (χ2n) is 5.16. The highest BCUT2D eigenvalue weighted by Gasteiger charge is 2.04. The SMILES string of the molecule is CC(C)c1cccc(NCc2ccc(OC(F)F)cc2)c1. The molecule has 1 N–H and O–H groups in total. The average Bonchev–Trinajstić information content (AvgIpc) is 2.46. The molecule has 4 heteroatoms. The quantitative estimate of drug-likeness (QED) is 0.806. The van der Waals surface area contributed by atoms with Gasteiger partial charge in [0.25, 0.3) is 0 Å². The van der Waals surface area contributed by atoms with Gasteiger partial charge in [0.05, 0.1) is 0 Å². The maximum Gasteiger partial charge on any atom is 0.387 e. The molecule has 0 aliphatic rings. The Balaban J connectivity index is 1.95. The molecule has 21 heavy (non-hydrogen) atoms. The lowest BCUT2D eigenvalue weighted by Crippen LogP contribution is -2.03. The Morgan fingerprint density at radius 2 is 1.76 bits per heavy atom. The fourth-order valence-corrected chi connectivity index (χ4v) is 2.00. The van der Waals surface area contributed by atoms with Gasteiger partial charge in [0.2, 0.25) is 0 Å². The van der Waals surface area contributed by atoms with Gasteiger partial charge in [-0.2, -0.15) is 8.78 Å². The third-order valence-electron chi connectivity index (χ3n) is 3.20. The van der Waals surface area contributed by atoms with E-state index in [1.807, 2.05) is 12.1 Å². The van der Waals surface area contributed by atoms with Gasteiger partial charge in [0, 0.05) is 12.2 Å². The summed E-state index contributed by atoms with van der Waals surface area (Å²) in [6, 6.07) is 14.9. The number of hydrogen-bond acceptors (Lipinski definition) is 2. The number of alkyl halides is 2. The van der Waals surface area contributed by atoms with Crippen LogP contribution >= 0.6 is 0 Å². The van der Waals surface area contributed by atoms with Crippen LogP contribution in [-0.4, -0.2) is 6.61 Å². The van der Waals surface area contributed by atoms with Crippen molar-refractivity contribution in [2.75, 3.05) is 5.32 Å². The normalized spacial score (nSPS) is 11.0. The fraction of sp³-hybridized carbons (Fsp3) is 0.294. The third kappa shape index (κ3) is 4.74. The Kier molecular flexibility index (Phi) is 5.14. The van der Waals surface area contributed by atoms with Crippen LogP contribution in [0.15, 0.2) is 48.5 Å². The zero-order valence-electron chi connectivity index (χ0n) is 12.1. The lowest BCUT2D eigenvalue weighted by molar-refractivity contribution is -0.0498. The van der Waals surface area contributed by atoms with Crippen molar-refractivity contribution in [2.45, 2.75) is 32.9 Å². The van der Waals surface area contributed by atoms with Crippen LogP contribution in [0.4, 0.5) is 14.5 Å². The molecule has 0 bridgehead atoms. The molecule has 2 nitrogen and oxygen atoms in total. The van der Waals surface area contributed by atoms with Gasteiger partial charge in [0.15, 0.2) is 0 Å². The zero-order valence-corrected chi connectivity index (χ0v) is 12.1. The van der Waals surface area contributed by atoms with Gasteiger partial charge in [-0.3, -0.25) is 0 Å². The smallest absolute Gasteiger partial charge is 0.387 e. The highest BCUT2D eigenvalue weighted by molar-refractivity contribution is 5.47. The number of halogens is 2. The first-order chi connectivity index (χ1) is 10.0. The van der Waals surface area contributed by atoms with Crippen molar-refractivity contribution < 1.29 is 13.5 Å². The van der Waals surface area contributed by atoms with Crippen molar-refractivity contribution >= 4 is 5.69 Å². The Labute approximate surface area is 123 Å². The van der Waals surface area contributed by atoms with Crippen molar-refractivity contribution in [1.29, 1.82) is 0 Å². The minimum absolute atomic E-state index is 0.176. The molecule has 0 aromatic heterocycles. The van der Waals surface area contributed by atoms with Crippen LogP contribution in [0.2, 0.25) is 0 Å². The highest BCUT2D eigenvalue weighted by atomic mass is 19.3. The summed E-state index contributed by atoms with van der Waals surface area (Å²) in [5, 5.41) is 3.33. The third-order valence-corrected chi connectivity index (χ3v) is 3.20. The number of hydrogen-bond donors (Lipinski definition) is 1. The summed E-state index contributed by atoms with van der Waals surface area (Å²) >= 11 is 0. The van der Waals surface area contributed by atoms with Gasteiger partial charge in [-0.05, 0) is 41.3 Å². The number of nitrogens with one attached hydrogen (secondary N) is 1. The van der Waals surface area contributed by atoms with Crippen LogP contribution in [-0.2, 0) is 6.54 Å². The van der Waals surface area contributed by atoms with Crippen molar-refractivity contribution in [1.82, 2.24) is 0 Å². The van der Waals surface area contributed by atoms with Crippen molar-refractivity contribution in [3.63, 3.8) is 0 Å². The van der Waals surface area contributed by atoms with E-state index in [0.717, 1.165) is 11.3 Å². The molecule has 0 unspecified atom stereocenters. The zero-order chi connectivity index (χ0) is 15.2. The molecule has 2 aromatic rings. The summed E-state index contributed by atoms with van der Waals surface area (Å²) in [5.74, 6) is 0.660. The van der Waals surface area contributed by atoms with Crippen molar-refractivity contribution in [2.24, 2.45) is 0 Å². The van der Waals surface area contributed by atoms with Crippen LogP contribution in [0.5, 0.6) is 5.75 Å². The van der Waals surface area contributed by atoms with E-state index < -0.39 is 6.61 Å². The topological polar surface area (TPSA) is 21.3 Å². The summed E-state index contributed by atoms with van der Waals surface area (Å²) in [5.41, 5.74) is 3.33. The molecule has 2 aromatic carbocycles. The number of ether oxygens (including phenoxy) is 1. The Morgan fingerprint density at radius 1 is 1.05 bits per heavy atom. The largest absolute Gasteiger partial charge is 0.435 e. The predicted octanol–water partition coefficient (Wildman–Crippen LogP) is 5.02. The van der Waals surface area contributed by atoms with Crippen molar-refractivity contribution in [3.05, 3.63) is 59.7 Å². The minimum Gasteiger partial charge on any atom is -0.435 e. The second-order valence-corrected chi connectivity index (χ2v) is 5.16.